The lowest BCUT2D eigenvalue weighted by molar-refractivity contribution is 0.102. The molecule has 0 spiro atoms. The monoisotopic (exact) mass is 261 g/mol. The van der Waals surface area contributed by atoms with E-state index < -0.39 is 10.0 Å². The van der Waals surface area contributed by atoms with E-state index in [-0.39, 0.29) is 11.9 Å². The third-order valence-corrected chi connectivity index (χ3v) is 5.22. The Hall–Kier alpha value is -0.130. The van der Waals surface area contributed by atoms with E-state index in [4.69, 9.17) is 0 Å². The van der Waals surface area contributed by atoms with Gasteiger partial charge in [-0.1, -0.05) is 19.3 Å². The third kappa shape index (κ3) is 4.94. The summed E-state index contributed by atoms with van der Waals surface area (Å²) in [6.45, 7) is 0.504. The molecular weight excluding hydrogens is 238 g/mol. The fourth-order valence-electron chi connectivity index (χ4n) is 2.49. The highest BCUT2D eigenvalue weighted by atomic mass is 32.2. The smallest absolute Gasteiger partial charge is 0.211 e. The molecule has 0 saturated heterocycles. The van der Waals surface area contributed by atoms with Crippen molar-refractivity contribution >= 4 is 10.0 Å². The summed E-state index contributed by atoms with van der Waals surface area (Å²) in [7, 11) is -3.09. The lowest BCUT2D eigenvalue weighted by Gasteiger charge is -2.25. The van der Waals surface area contributed by atoms with Crippen LogP contribution in [0.4, 0.5) is 0 Å². The van der Waals surface area contributed by atoms with E-state index in [2.05, 4.69) is 4.72 Å². The summed E-state index contributed by atoms with van der Waals surface area (Å²) >= 11 is 0. The van der Waals surface area contributed by atoms with Gasteiger partial charge in [0.1, 0.15) is 0 Å². The van der Waals surface area contributed by atoms with Crippen molar-refractivity contribution in [2.75, 3.05) is 12.3 Å². The Kier molecular flexibility index (Phi) is 4.44. The summed E-state index contributed by atoms with van der Waals surface area (Å²) in [6.07, 6.45) is 6.62. The molecule has 4 nitrogen and oxygen atoms in total. The summed E-state index contributed by atoms with van der Waals surface area (Å²) < 4.78 is 26.1. The first kappa shape index (κ1) is 13.3. The van der Waals surface area contributed by atoms with E-state index in [0.717, 1.165) is 32.1 Å². The summed E-state index contributed by atoms with van der Waals surface area (Å²) in [6, 6.07) is 0. The lowest BCUT2D eigenvalue weighted by atomic mass is 9.87. The van der Waals surface area contributed by atoms with Crippen LogP contribution < -0.4 is 4.72 Å². The minimum absolute atomic E-state index is 0.232. The highest BCUT2D eigenvalue weighted by Gasteiger charge is 2.25. The summed E-state index contributed by atoms with van der Waals surface area (Å²) in [5, 5.41) is 9.52. The van der Waals surface area contributed by atoms with Crippen molar-refractivity contribution in [2.24, 2.45) is 11.8 Å². The molecule has 0 aromatic heterocycles. The van der Waals surface area contributed by atoms with Crippen LogP contribution in [0.3, 0.4) is 0 Å². The molecule has 0 amide bonds. The van der Waals surface area contributed by atoms with Crippen LogP contribution in [0.1, 0.15) is 44.9 Å². The minimum atomic E-state index is -3.09. The van der Waals surface area contributed by atoms with E-state index in [9.17, 15) is 13.5 Å². The van der Waals surface area contributed by atoms with Crippen LogP contribution in [-0.2, 0) is 10.0 Å². The van der Waals surface area contributed by atoms with Crippen LogP contribution in [0.15, 0.2) is 0 Å². The van der Waals surface area contributed by atoms with E-state index in [1.54, 1.807) is 0 Å². The topological polar surface area (TPSA) is 66.4 Å². The van der Waals surface area contributed by atoms with E-state index in [1.165, 1.54) is 12.8 Å². The molecule has 2 saturated carbocycles. The second-order valence-corrected chi connectivity index (χ2v) is 7.51. The van der Waals surface area contributed by atoms with Gasteiger partial charge in [0, 0.05) is 6.54 Å². The van der Waals surface area contributed by atoms with Gasteiger partial charge in [0.05, 0.1) is 11.9 Å². The van der Waals surface area contributed by atoms with Gasteiger partial charge < -0.3 is 5.11 Å². The molecule has 5 heteroatoms. The maximum Gasteiger partial charge on any atom is 0.211 e. The van der Waals surface area contributed by atoms with Crippen molar-refractivity contribution in [3.8, 4) is 0 Å². The van der Waals surface area contributed by atoms with E-state index >= 15 is 0 Å². The number of aliphatic hydroxyl groups is 1. The number of nitrogens with one attached hydrogen (secondary N) is 1. The molecule has 2 unspecified atom stereocenters. The summed E-state index contributed by atoms with van der Waals surface area (Å²) in [4.78, 5) is 0. The van der Waals surface area contributed by atoms with Gasteiger partial charge in [-0.2, -0.15) is 0 Å². The summed E-state index contributed by atoms with van der Waals surface area (Å²) in [5.74, 6) is 1.24. The van der Waals surface area contributed by atoms with Crippen molar-refractivity contribution < 1.29 is 13.5 Å². The number of aliphatic hydroxyl groups excluding tert-OH is 1. The minimum Gasteiger partial charge on any atom is -0.393 e. The first-order valence-corrected chi connectivity index (χ1v) is 8.36. The number of sulfonamides is 1. The highest BCUT2D eigenvalue weighted by Crippen LogP contribution is 2.32. The maximum absolute atomic E-state index is 11.7. The third-order valence-electron chi connectivity index (χ3n) is 3.84. The number of hydrogen-bond acceptors (Lipinski definition) is 3. The van der Waals surface area contributed by atoms with Gasteiger partial charge in [0.15, 0.2) is 0 Å². The zero-order chi connectivity index (χ0) is 12.3. The Labute approximate surface area is 104 Å². The Bertz CT molecular complexity index is 338. The molecule has 0 aliphatic heterocycles. The fourth-order valence-corrected chi connectivity index (χ4v) is 3.77. The van der Waals surface area contributed by atoms with Gasteiger partial charge in [-0.3, -0.25) is 0 Å². The number of hydrogen-bond donors (Lipinski definition) is 2. The normalized spacial score (nSPS) is 30.4. The average molecular weight is 261 g/mol. The fraction of sp³-hybridized carbons (Fsp3) is 1.00. The molecule has 2 rings (SSSR count). The molecule has 2 aliphatic rings. The van der Waals surface area contributed by atoms with Crippen molar-refractivity contribution in [1.29, 1.82) is 0 Å². The average Bonchev–Trinajstić information content (AvgIpc) is 3.08. The molecule has 0 aromatic rings. The first-order chi connectivity index (χ1) is 8.05. The first-order valence-electron chi connectivity index (χ1n) is 6.70. The van der Waals surface area contributed by atoms with Crippen molar-refractivity contribution in [3.05, 3.63) is 0 Å². The maximum atomic E-state index is 11.7. The van der Waals surface area contributed by atoms with Crippen LogP contribution in [0.2, 0.25) is 0 Å². The molecular formula is C12H23NO3S. The molecule has 0 aromatic carbocycles. The molecule has 0 radical (unpaired) electrons. The van der Waals surface area contributed by atoms with Crippen LogP contribution in [0, 0.1) is 11.8 Å². The zero-order valence-corrected chi connectivity index (χ0v) is 11.1. The van der Waals surface area contributed by atoms with Gasteiger partial charge >= 0.3 is 0 Å². The SMILES string of the molecule is O=S(=O)(CCC1CC1)NCC1CCCC(O)C1. The van der Waals surface area contributed by atoms with E-state index in [0.29, 0.717) is 18.4 Å². The Morgan fingerprint density at radius 1 is 1.12 bits per heavy atom. The van der Waals surface area contributed by atoms with Crippen LogP contribution >= 0.6 is 0 Å². The molecule has 0 bridgehead atoms. The molecule has 17 heavy (non-hydrogen) atoms. The molecule has 2 atom stereocenters. The predicted molar refractivity (Wildman–Crippen MR) is 67.1 cm³/mol. The Balaban J connectivity index is 1.68. The molecule has 2 aliphatic carbocycles. The van der Waals surface area contributed by atoms with E-state index in [1.807, 2.05) is 0 Å². The van der Waals surface area contributed by atoms with Crippen LogP contribution in [-0.4, -0.2) is 31.9 Å². The standard InChI is InChI=1S/C12H23NO3S/c14-12-3-1-2-11(8-12)9-13-17(15,16)7-6-10-4-5-10/h10-14H,1-9H2. The second-order valence-electron chi connectivity index (χ2n) is 5.59. The van der Waals surface area contributed by atoms with Crippen LogP contribution in [0.25, 0.3) is 0 Å². The molecule has 2 fully saturated rings. The lowest BCUT2D eigenvalue weighted by Crippen LogP contribution is -2.34. The second kappa shape index (κ2) is 5.67. The molecule has 2 N–H and O–H groups in total. The van der Waals surface area contributed by atoms with Crippen molar-refractivity contribution in [3.63, 3.8) is 0 Å². The van der Waals surface area contributed by atoms with Gasteiger partial charge in [-0.15, -0.1) is 0 Å². The van der Waals surface area contributed by atoms with Gasteiger partial charge in [-0.25, -0.2) is 13.1 Å². The molecule has 0 heterocycles. The quantitative estimate of drug-likeness (QED) is 0.756. The zero-order valence-electron chi connectivity index (χ0n) is 10.3. The van der Waals surface area contributed by atoms with Crippen molar-refractivity contribution in [2.45, 2.75) is 51.0 Å². The van der Waals surface area contributed by atoms with Gasteiger partial charge in [0.25, 0.3) is 0 Å². The molecule has 100 valence electrons. The highest BCUT2D eigenvalue weighted by molar-refractivity contribution is 7.89. The Morgan fingerprint density at radius 3 is 2.53 bits per heavy atom. The summed E-state index contributed by atoms with van der Waals surface area (Å²) in [5.41, 5.74) is 0. The number of rotatable bonds is 6. The van der Waals surface area contributed by atoms with Gasteiger partial charge in [0.2, 0.25) is 10.0 Å². The Morgan fingerprint density at radius 2 is 1.88 bits per heavy atom. The van der Waals surface area contributed by atoms with Gasteiger partial charge in [-0.05, 0) is 37.5 Å². The van der Waals surface area contributed by atoms with Crippen molar-refractivity contribution in [1.82, 2.24) is 4.72 Å². The largest absolute Gasteiger partial charge is 0.393 e. The van der Waals surface area contributed by atoms with Crippen LogP contribution in [0.5, 0.6) is 0 Å². The predicted octanol–water partition coefficient (Wildman–Crippen LogP) is 1.26.